The number of nitrogens with zero attached hydrogens (tertiary/aromatic N) is 3. The first-order chi connectivity index (χ1) is 12.2. The molecule has 1 heterocycles. The van der Waals surface area contributed by atoms with E-state index < -0.39 is 0 Å². The first-order valence-electron chi connectivity index (χ1n) is 8.61. The van der Waals surface area contributed by atoms with Crippen molar-refractivity contribution in [3.05, 3.63) is 36.2 Å². The lowest BCUT2D eigenvalue weighted by atomic mass is 9.94. The summed E-state index contributed by atoms with van der Waals surface area (Å²) in [5.41, 5.74) is 0. The maximum absolute atomic E-state index is 12.3. The van der Waals surface area contributed by atoms with E-state index in [1.165, 1.54) is 31.0 Å². The van der Waals surface area contributed by atoms with Crippen molar-refractivity contribution in [1.82, 2.24) is 15.1 Å². The van der Waals surface area contributed by atoms with Crippen LogP contribution in [0.1, 0.15) is 38.0 Å². The molecule has 1 saturated carbocycles. The SMILES string of the molecule is CN(C(=O)CSc1nnc(COc2ccccc2)o1)C1CCCCC1. The quantitative estimate of drug-likeness (QED) is 0.703. The van der Waals surface area contributed by atoms with Crippen LogP contribution >= 0.6 is 11.8 Å². The average molecular weight is 361 g/mol. The molecule has 2 aromatic rings. The Morgan fingerprint density at radius 3 is 2.76 bits per heavy atom. The number of para-hydroxylation sites is 1. The Hall–Kier alpha value is -2.02. The highest BCUT2D eigenvalue weighted by Crippen LogP contribution is 2.23. The Morgan fingerprint density at radius 1 is 1.24 bits per heavy atom. The summed E-state index contributed by atoms with van der Waals surface area (Å²) in [6.07, 6.45) is 5.92. The summed E-state index contributed by atoms with van der Waals surface area (Å²) >= 11 is 1.28. The van der Waals surface area contributed by atoms with E-state index in [1.807, 2.05) is 42.3 Å². The molecule has 25 heavy (non-hydrogen) atoms. The molecule has 0 saturated heterocycles. The first-order valence-corrected chi connectivity index (χ1v) is 9.59. The average Bonchev–Trinajstić information content (AvgIpc) is 3.13. The molecule has 1 aromatic heterocycles. The minimum atomic E-state index is 0.109. The van der Waals surface area contributed by atoms with Gasteiger partial charge >= 0.3 is 0 Å². The second kappa shape index (κ2) is 8.89. The predicted molar refractivity (Wildman–Crippen MR) is 95.4 cm³/mol. The molecule has 7 heteroatoms. The number of amides is 1. The normalized spacial score (nSPS) is 15.1. The fourth-order valence-corrected chi connectivity index (χ4v) is 3.62. The number of carbonyl (C=O) groups is 1. The Labute approximate surface area is 151 Å². The summed E-state index contributed by atoms with van der Waals surface area (Å²) in [5.74, 6) is 1.57. The highest BCUT2D eigenvalue weighted by atomic mass is 32.2. The molecule has 1 fully saturated rings. The minimum Gasteiger partial charge on any atom is -0.484 e. The molecule has 6 nitrogen and oxygen atoms in total. The molecule has 0 unspecified atom stereocenters. The van der Waals surface area contributed by atoms with Crippen LogP contribution < -0.4 is 4.74 Å². The zero-order valence-corrected chi connectivity index (χ0v) is 15.2. The molecule has 0 atom stereocenters. The van der Waals surface area contributed by atoms with Gasteiger partial charge in [0, 0.05) is 13.1 Å². The van der Waals surface area contributed by atoms with Crippen molar-refractivity contribution in [3.8, 4) is 5.75 Å². The van der Waals surface area contributed by atoms with E-state index in [-0.39, 0.29) is 12.5 Å². The van der Waals surface area contributed by atoms with Crippen molar-refractivity contribution in [1.29, 1.82) is 0 Å². The van der Waals surface area contributed by atoms with E-state index in [1.54, 1.807) is 0 Å². The summed E-state index contributed by atoms with van der Waals surface area (Å²) in [5, 5.41) is 8.32. The maximum atomic E-state index is 12.3. The van der Waals surface area contributed by atoms with Gasteiger partial charge in [-0.1, -0.05) is 49.2 Å². The lowest BCUT2D eigenvalue weighted by Gasteiger charge is -2.31. The highest BCUT2D eigenvalue weighted by Gasteiger charge is 2.22. The van der Waals surface area contributed by atoms with Crippen LogP contribution in [0.3, 0.4) is 0 Å². The molecule has 1 amide bonds. The van der Waals surface area contributed by atoms with Crippen molar-refractivity contribution in [2.24, 2.45) is 0 Å². The summed E-state index contributed by atoms with van der Waals surface area (Å²) < 4.78 is 11.1. The van der Waals surface area contributed by atoms with E-state index in [0.717, 1.165) is 18.6 Å². The molecule has 0 spiro atoms. The molecular formula is C18H23N3O3S. The van der Waals surface area contributed by atoms with Crippen LogP contribution in [0.25, 0.3) is 0 Å². The Kier molecular flexibility index (Phi) is 6.33. The monoisotopic (exact) mass is 361 g/mol. The Bertz CT molecular complexity index is 671. The second-order valence-corrected chi connectivity index (χ2v) is 7.08. The summed E-state index contributed by atoms with van der Waals surface area (Å²) in [6, 6.07) is 9.84. The van der Waals surface area contributed by atoms with Gasteiger partial charge in [-0.25, -0.2) is 0 Å². The molecule has 1 aromatic carbocycles. The summed E-state index contributed by atoms with van der Waals surface area (Å²) in [7, 11) is 1.89. The fourth-order valence-electron chi connectivity index (χ4n) is 2.91. The zero-order chi connectivity index (χ0) is 17.5. The molecule has 134 valence electrons. The lowest BCUT2D eigenvalue weighted by Crippen LogP contribution is -2.39. The van der Waals surface area contributed by atoms with Gasteiger partial charge < -0.3 is 14.1 Å². The fraction of sp³-hybridized carbons (Fsp3) is 0.500. The van der Waals surface area contributed by atoms with Crippen molar-refractivity contribution in [2.45, 2.75) is 50.0 Å². The molecule has 0 N–H and O–H groups in total. The van der Waals surface area contributed by atoms with Crippen molar-refractivity contribution in [2.75, 3.05) is 12.8 Å². The van der Waals surface area contributed by atoms with E-state index >= 15 is 0 Å². The number of hydrogen-bond donors (Lipinski definition) is 0. The van der Waals surface area contributed by atoms with Gasteiger partial charge in [-0.05, 0) is 25.0 Å². The van der Waals surface area contributed by atoms with Gasteiger partial charge in [-0.2, -0.15) is 0 Å². The standard InChI is InChI=1S/C18H23N3O3S/c1-21(14-8-4-2-5-9-14)17(22)13-25-18-20-19-16(24-18)12-23-15-10-6-3-7-11-15/h3,6-7,10-11,14H,2,4-5,8-9,12-13H2,1H3. The van der Waals surface area contributed by atoms with Gasteiger partial charge in [-0.15, -0.1) is 10.2 Å². The zero-order valence-electron chi connectivity index (χ0n) is 14.4. The van der Waals surface area contributed by atoms with Crippen molar-refractivity contribution in [3.63, 3.8) is 0 Å². The van der Waals surface area contributed by atoms with Gasteiger partial charge in [0.25, 0.3) is 11.1 Å². The van der Waals surface area contributed by atoms with E-state index in [2.05, 4.69) is 10.2 Å². The topological polar surface area (TPSA) is 68.5 Å². The molecular weight excluding hydrogens is 338 g/mol. The molecule has 0 aliphatic heterocycles. The van der Waals surface area contributed by atoms with Gasteiger partial charge in [0.2, 0.25) is 5.91 Å². The van der Waals surface area contributed by atoms with E-state index in [9.17, 15) is 4.79 Å². The van der Waals surface area contributed by atoms with Crippen LogP contribution in [-0.2, 0) is 11.4 Å². The van der Waals surface area contributed by atoms with E-state index in [4.69, 9.17) is 9.15 Å². The van der Waals surface area contributed by atoms with Gasteiger partial charge in [0.05, 0.1) is 5.75 Å². The summed E-state index contributed by atoms with van der Waals surface area (Å²) in [4.78, 5) is 14.2. The van der Waals surface area contributed by atoms with E-state index in [0.29, 0.717) is 22.9 Å². The first kappa shape index (κ1) is 17.8. The molecule has 0 bridgehead atoms. The Balaban J connectivity index is 1.44. The molecule has 3 rings (SSSR count). The minimum absolute atomic E-state index is 0.109. The third-order valence-corrected chi connectivity index (χ3v) is 5.19. The Morgan fingerprint density at radius 2 is 2.00 bits per heavy atom. The highest BCUT2D eigenvalue weighted by molar-refractivity contribution is 7.99. The van der Waals surface area contributed by atoms with Crippen molar-refractivity contribution >= 4 is 17.7 Å². The third kappa shape index (κ3) is 5.22. The van der Waals surface area contributed by atoms with Crippen LogP contribution in [0.2, 0.25) is 0 Å². The molecule has 1 aliphatic carbocycles. The predicted octanol–water partition coefficient (Wildman–Crippen LogP) is 3.53. The van der Waals surface area contributed by atoms with Crippen LogP contribution in [0, 0.1) is 0 Å². The van der Waals surface area contributed by atoms with Crippen LogP contribution in [0.5, 0.6) is 5.75 Å². The lowest BCUT2D eigenvalue weighted by molar-refractivity contribution is -0.129. The van der Waals surface area contributed by atoms with Gasteiger partial charge in [0.1, 0.15) is 5.75 Å². The van der Waals surface area contributed by atoms with Crippen molar-refractivity contribution < 1.29 is 13.9 Å². The van der Waals surface area contributed by atoms with Crippen LogP contribution in [0.15, 0.2) is 40.0 Å². The number of carbonyl (C=O) groups excluding carboxylic acids is 1. The number of rotatable bonds is 7. The number of hydrogen-bond acceptors (Lipinski definition) is 6. The number of aromatic nitrogens is 2. The molecule has 0 radical (unpaired) electrons. The van der Waals surface area contributed by atoms with Crippen LogP contribution in [-0.4, -0.2) is 39.8 Å². The van der Waals surface area contributed by atoms with Gasteiger partial charge in [0.15, 0.2) is 6.61 Å². The number of thioether (sulfide) groups is 1. The number of ether oxygens (including phenoxy) is 1. The number of benzene rings is 1. The van der Waals surface area contributed by atoms with Crippen LogP contribution in [0.4, 0.5) is 0 Å². The third-order valence-electron chi connectivity index (χ3n) is 4.39. The largest absolute Gasteiger partial charge is 0.484 e. The molecule has 1 aliphatic rings. The summed E-state index contributed by atoms with van der Waals surface area (Å²) in [6.45, 7) is 0.216. The maximum Gasteiger partial charge on any atom is 0.277 e. The second-order valence-electron chi connectivity index (χ2n) is 6.15. The smallest absolute Gasteiger partial charge is 0.277 e. The van der Waals surface area contributed by atoms with Gasteiger partial charge in [-0.3, -0.25) is 4.79 Å².